The van der Waals surface area contributed by atoms with Crippen molar-refractivity contribution in [3.8, 4) is 5.75 Å². The smallest absolute Gasteiger partial charge is 0.271 e. The average molecular weight is 378 g/mol. The summed E-state index contributed by atoms with van der Waals surface area (Å²) in [5.41, 5.74) is -0.0777. The third-order valence-electron chi connectivity index (χ3n) is 4.17. The number of rotatable bonds is 7. The number of nitro groups is 1. The molecule has 2 rings (SSSR count). The molecule has 0 fully saturated rings. The molecule has 0 spiro atoms. The lowest BCUT2D eigenvalue weighted by Gasteiger charge is -2.29. The van der Waals surface area contributed by atoms with Gasteiger partial charge in [0.05, 0.1) is 10.6 Å². The topological polar surface area (TPSA) is 131 Å². The van der Waals surface area contributed by atoms with Crippen LogP contribution < -0.4 is 20.3 Å². The maximum absolute atomic E-state index is 12.3. The molecule has 146 valence electrons. The van der Waals surface area contributed by atoms with Crippen molar-refractivity contribution in [2.75, 3.05) is 18.1 Å². The quantitative estimate of drug-likeness (QED) is 0.531. The van der Waals surface area contributed by atoms with Crippen molar-refractivity contribution in [2.45, 2.75) is 39.3 Å². The fraction of sp³-hybridized carbons (Fsp3) is 0.471. The molecule has 10 heteroatoms. The number of hydrogen-bond donors (Lipinski definition) is 2. The van der Waals surface area contributed by atoms with Gasteiger partial charge in [-0.15, -0.1) is 0 Å². The Morgan fingerprint density at radius 3 is 2.67 bits per heavy atom. The first-order valence-electron chi connectivity index (χ1n) is 8.54. The number of hydrogen-bond acceptors (Lipinski definition) is 6. The number of carbonyl (C=O) groups excluding carboxylic acids is 3. The largest absolute Gasteiger partial charge is 0.482 e. The van der Waals surface area contributed by atoms with E-state index in [-0.39, 0.29) is 42.2 Å². The fourth-order valence-electron chi connectivity index (χ4n) is 2.44. The molecular weight excluding hydrogens is 356 g/mol. The highest BCUT2D eigenvalue weighted by Crippen LogP contribution is 2.35. The van der Waals surface area contributed by atoms with Crippen LogP contribution in [0.15, 0.2) is 18.2 Å². The maximum atomic E-state index is 12.3. The minimum Gasteiger partial charge on any atom is -0.482 e. The highest BCUT2D eigenvalue weighted by Gasteiger charge is 2.30. The van der Waals surface area contributed by atoms with E-state index >= 15 is 0 Å². The van der Waals surface area contributed by atoms with Gasteiger partial charge >= 0.3 is 0 Å². The molecule has 2 unspecified atom stereocenters. The minimum absolute atomic E-state index is 0.0231. The van der Waals surface area contributed by atoms with Crippen LogP contribution in [-0.2, 0) is 14.4 Å². The van der Waals surface area contributed by atoms with Crippen molar-refractivity contribution in [1.29, 1.82) is 0 Å². The molecule has 27 heavy (non-hydrogen) atoms. The van der Waals surface area contributed by atoms with Gasteiger partial charge < -0.3 is 15.4 Å². The van der Waals surface area contributed by atoms with Gasteiger partial charge in [0.1, 0.15) is 18.3 Å². The number of fused-ring (bicyclic) bond motifs is 1. The van der Waals surface area contributed by atoms with E-state index in [9.17, 15) is 24.5 Å². The zero-order valence-corrected chi connectivity index (χ0v) is 15.4. The molecule has 0 aliphatic carbocycles. The molecule has 0 radical (unpaired) electrons. The van der Waals surface area contributed by atoms with Gasteiger partial charge in [0.2, 0.25) is 11.8 Å². The van der Waals surface area contributed by atoms with Crippen LogP contribution in [-0.4, -0.2) is 47.9 Å². The predicted octanol–water partition coefficient (Wildman–Crippen LogP) is 0.740. The second-order valence-electron chi connectivity index (χ2n) is 6.28. The maximum Gasteiger partial charge on any atom is 0.271 e. The zero-order chi connectivity index (χ0) is 20.1. The van der Waals surface area contributed by atoms with E-state index in [4.69, 9.17) is 4.74 Å². The van der Waals surface area contributed by atoms with Crippen LogP contribution in [0.2, 0.25) is 0 Å². The Morgan fingerprint density at radius 2 is 2.04 bits per heavy atom. The summed E-state index contributed by atoms with van der Waals surface area (Å²) in [5, 5.41) is 16.2. The van der Waals surface area contributed by atoms with Crippen molar-refractivity contribution in [3.63, 3.8) is 0 Å². The van der Waals surface area contributed by atoms with E-state index in [1.54, 1.807) is 0 Å². The van der Waals surface area contributed by atoms with Gasteiger partial charge in [-0.1, -0.05) is 6.92 Å². The summed E-state index contributed by atoms with van der Waals surface area (Å²) in [7, 11) is 0. The number of nitrogens with one attached hydrogen (secondary N) is 2. The zero-order valence-electron chi connectivity index (χ0n) is 15.4. The highest BCUT2D eigenvalue weighted by molar-refractivity contribution is 6.03. The molecule has 1 aliphatic heterocycles. The third-order valence-corrected chi connectivity index (χ3v) is 4.17. The van der Waals surface area contributed by atoms with Gasteiger partial charge in [-0.3, -0.25) is 29.4 Å². The first-order chi connectivity index (χ1) is 12.7. The molecule has 2 atom stereocenters. The normalized spacial score (nSPS) is 15.2. The van der Waals surface area contributed by atoms with Crippen LogP contribution in [0.4, 0.5) is 11.4 Å². The van der Waals surface area contributed by atoms with Crippen LogP contribution in [0.5, 0.6) is 5.75 Å². The van der Waals surface area contributed by atoms with Crippen LogP contribution in [0, 0.1) is 10.1 Å². The van der Waals surface area contributed by atoms with Gasteiger partial charge in [0.15, 0.2) is 6.61 Å². The summed E-state index contributed by atoms with van der Waals surface area (Å²) < 4.78 is 5.25. The molecule has 10 nitrogen and oxygen atoms in total. The molecule has 0 saturated carbocycles. The van der Waals surface area contributed by atoms with Crippen LogP contribution in [0.3, 0.4) is 0 Å². The summed E-state index contributed by atoms with van der Waals surface area (Å²) >= 11 is 0. The number of non-ortho nitro benzene ring substituents is 1. The van der Waals surface area contributed by atoms with Gasteiger partial charge in [0, 0.05) is 18.2 Å². The Morgan fingerprint density at radius 1 is 1.33 bits per heavy atom. The van der Waals surface area contributed by atoms with Gasteiger partial charge in [0.25, 0.3) is 11.6 Å². The van der Waals surface area contributed by atoms with Crippen LogP contribution in [0.1, 0.15) is 27.2 Å². The summed E-state index contributed by atoms with van der Waals surface area (Å²) in [5.74, 6) is -1.12. The Kier molecular flexibility index (Phi) is 6.32. The van der Waals surface area contributed by atoms with E-state index in [0.717, 1.165) is 11.3 Å². The van der Waals surface area contributed by atoms with Gasteiger partial charge in [-0.2, -0.15) is 0 Å². The summed E-state index contributed by atoms with van der Waals surface area (Å²) in [4.78, 5) is 47.9. The van der Waals surface area contributed by atoms with E-state index in [1.807, 2.05) is 13.8 Å². The Balaban J connectivity index is 2.09. The van der Waals surface area contributed by atoms with Crippen molar-refractivity contribution in [2.24, 2.45) is 0 Å². The minimum atomic E-state index is -0.785. The van der Waals surface area contributed by atoms with E-state index in [0.29, 0.717) is 0 Å². The van der Waals surface area contributed by atoms with Crippen molar-refractivity contribution in [3.05, 3.63) is 28.3 Å². The lowest BCUT2D eigenvalue weighted by atomic mass is 10.2. The first kappa shape index (κ1) is 20.1. The number of amides is 3. The molecule has 1 aromatic carbocycles. The van der Waals surface area contributed by atoms with Crippen LogP contribution in [0.25, 0.3) is 0 Å². The van der Waals surface area contributed by atoms with Crippen molar-refractivity contribution >= 4 is 29.1 Å². The lowest BCUT2D eigenvalue weighted by Crippen LogP contribution is -2.51. The summed E-state index contributed by atoms with van der Waals surface area (Å²) in [6.45, 7) is 4.66. The molecular formula is C17H22N4O6. The number of nitrogens with zero attached hydrogens (tertiary/aromatic N) is 2. The van der Waals surface area contributed by atoms with Gasteiger partial charge in [-0.05, 0) is 26.3 Å². The van der Waals surface area contributed by atoms with E-state index in [1.165, 1.54) is 25.1 Å². The fourth-order valence-corrected chi connectivity index (χ4v) is 2.44. The lowest BCUT2D eigenvalue weighted by molar-refractivity contribution is -0.384. The molecule has 2 N–H and O–H groups in total. The molecule has 1 aliphatic rings. The Labute approximate surface area is 156 Å². The Hall–Kier alpha value is -3.17. The third kappa shape index (κ3) is 4.93. The number of benzene rings is 1. The molecule has 0 saturated heterocycles. The highest BCUT2D eigenvalue weighted by atomic mass is 16.6. The standard InChI is InChI=1S/C17H22N4O6/c1-4-10(2)18-17(24)11(3)19-15(22)8-20-13-7-12(21(25)26)5-6-14(13)27-9-16(20)23/h5-7,10-11H,4,8-9H2,1-3H3,(H,18,24)(H,19,22). The van der Waals surface area contributed by atoms with Crippen molar-refractivity contribution < 1.29 is 24.0 Å². The summed E-state index contributed by atoms with van der Waals surface area (Å²) in [6, 6.07) is 3.01. The molecule has 0 aromatic heterocycles. The molecule has 1 heterocycles. The molecule has 3 amide bonds. The van der Waals surface area contributed by atoms with E-state index in [2.05, 4.69) is 10.6 Å². The number of ether oxygens (including phenoxy) is 1. The van der Waals surface area contributed by atoms with Crippen LogP contribution >= 0.6 is 0 Å². The second kappa shape index (κ2) is 8.47. The number of nitro benzene ring substituents is 1. The monoisotopic (exact) mass is 378 g/mol. The van der Waals surface area contributed by atoms with E-state index < -0.39 is 22.8 Å². The SMILES string of the molecule is CCC(C)NC(=O)C(C)NC(=O)CN1C(=O)COc2ccc([N+](=O)[O-])cc21. The summed E-state index contributed by atoms with van der Waals surface area (Å²) in [6.07, 6.45) is 0.754. The molecule has 1 aromatic rings. The first-order valence-corrected chi connectivity index (χ1v) is 8.54. The molecule has 0 bridgehead atoms. The van der Waals surface area contributed by atoms with Crippen molar-refractivity contribution in [1.82, 2.24) is 10.6 Å². The average Bonchev–Trinajstić information content (AvgIpc) is 2.63. The predicted molar refractivity (Wildman–Crippen MR) is 96.4 cm³/mol. The Bertz CT molecular complexity index is 766. The number of carbonyl (C=O) groups is 3. The van der Waals surface area contributed by atoms with Gasteiger partial charge in [-0.25, -0.2) is 0 Å². The second-order valence-corrected chi connectivity index (χ2v) is 6.28. The number of anilines is 1.